The van der Waals surface area contributed by atoms with E-state index in [4.69, 9.17) is 4.42 Å². The molecule has 1 N–H and O–H groups in total. The monoisotopic (exact) mass is 472 g/mol. The molecular formula is C22H24N4O4S2. The fourth-order valence-corrected chi connectivity index (χ4v) is 5.43. The minimum absolute atomic E-state index is 0.0358. The molecule has 0 atom stereocenters. The van der Waals surface area contributed by atoms with Crippen LogP contribution in [-0.2, 0) is 14.8 Å². The quantitative estimate of drug-likeness (QED) is 0.544. The van der Waals surface area contributed by atoms with Gasteiger partial charge in [0.15, 0.2) is 0 Å². The Kier molecular flexibility index (Phi) is 6.63. The van der Waals surface area contributed by atoms with Crippen LogP contribution in [0.4, 0.5) is 6.01 Å². The van der Waals surface area contributed by atoms with Crippen molar-refractivity contribution in [3.8, 4) is 11.5 Å². The van der Waals surface area contributed by atoms with E-state index < -0.39 is 10.0 Å². The smallest absolute Gasteiger partial charge is 0.322 e. The van der Waals surface area contributed by atoms with Crippen LogP contribution in [0, 0.1) is 12.8 Å². The van der Waals surface area contributed by atoms with Gasteiger partial charge in [-0.3, -0.25) is 10.1 Å². The first-order chi connectivity index (χ1) is 15.4. The van der Waals surface area contributed by atoms with Crippen molar-refractivity contribution in [2.75, 3.05) is 24.7 Å². The molecule has 2 aromatic carbocycles. The van der Waals surface area contributed by atoms with Crippen LogP contribution in [0.5, 0.6) is 0 Å². The van der Waals surface area contributed by atoms with E-state index in [-0.39, 0.29) is 35.8 Å². The van der Waals surface area contributed by atoms with Crippen LogP contribution in [0.25, 0.3) is 11.5 Å². The Morgan fingerprint density at radius 1 is 1.06 bits per heavy atom. The first-order valence-electron chi connectivity index (χ1n) is 10.2. The molecule has 4 rings (SSSR count). The van der Waals surface area contributed by atoms with E-state index in [0.717, 1.165) is 16.0 Å². The molecule has 0 aliphatic carbocycles. The van der Waals surface area contributed by atoms with Crippen molar-refractivity contribution in [3.63, 3.8) is 0 Å². The number of piperidine rings is 1. The van der Waals surface area contributed by atoms with Gasteiger partial charge in [0, 0.05) is 29.5 Å². The van der Waals surface area contributed by atoms with Gasteiger partial charge in [-0.05, 0) is 62.4 Å². The standard InChI is InChI=1S/C22H24N4O4S2/c1-15-3-9-19(10-4-15)32(28,29)26-13-11-16(12-14-26)20(27)23-22-25-24-21(30-22)17-5-7-18(31-2)8-6-17/h3-10,16H,11-14H2,1-2H3,(H,23,25,27). The summed E-state index contributed by atoms with van der Waals surface area (Å²) >= 11 is 1.64. The molecule has 0 radical (unpaired) electrons. The third-order valence-corrected chi connectivity index (χ3v) is 8.13. The highest BCUT2D eigenvalue weighted by molar-refractivity contribution is 7.98. The van der Waals surface area contributed by atoms with Gasteiger partial charge in [-0.15, -0.1) is 16.9 Å². The van der Waals surface area contributed by atoms with E-state index in [1.165, 1.54) is 4.31 Å². The number of hydrogen-bond acceptors (Lipinski definition) is 7. The number of aryl methyl sites for hydroxylation is 1. The minimum atomic E-state index is -3.56. The van der Waals surface area contributed by atoms with Crippen LogP contribution < -0.4 is 5.32 Å². The SMILES string of the molecule is CSc1ccc(-c2nnc(NC(=O)C3CCN(S(=O)(=O)c4ccc(C)cc4)CC3)o2)cc1. The summed E-state index contributed by atoms with van der Waals surface area (Å²) in [7, 11) is -3.56. The van der Waals surface area contributed by atoms with Gasteiger partial charge in [0.2, 0.25) is 21.8 Å². The molecule has 1 saturated heterocycles. The minimum Gasteiger partial charge on any atom is -0.403 e. The van der Waals surface area contributed by atoms with E-state index in [1.807, 2.05) is 37.4 Å². The number of carbonyl (C=O) groups is 1. The van der Waals surface area contributed by atoms with Gasteiger partial charge in [0.25, 0.3) is 0 Å². The van der Waals surface area contributed by atoms with Crippen molar-refractivity contribution in [2.45, 2.75) is 29.6 Å². The number of hydrogen-bond donors (Lipinski definition) is 1. The Bertz CT molecular complexity index is 1180. The van der Waals surface area contributed by atoms with Gasteiger partial charge in [-0.1, -0.05) is 22.8 Å². The number of aromatic nitrogens is 2. The zero-order chi connectivity index (χ0) is 22.7. The fourth-order valence-electron chi connectivity index (χ4n) is 3.55. The number of anilines is 1. The van der Waals surface area contributed by atoms with E-state index in [2.05, 4.69) is 15.5 Å². The molecule has 0 bridgehead atoms. The molecular weight excluding hydrogens is 448 g/mol. The summed E-state index contributed by atoms with van der Waals surface area (Å²) in [6, 6.07) is 14.5. The Morgan fingerprint density at radius 2 is 1.72 bits per heavy atom. The maximum absolute atomic E-state index is 12.8. The topological polar surface area (TPSA) is 105 Å². The van der Waals surface area contributed by atoms with Gasteiger partial charge in [0.1, 0.15) is 0 Å². The van der Waals surface area contributed by atoms with Gasteiger partial charge in [-0.2, -0.15) is 4.31 Å². The van der Waals surface area contributed by atoms with Crippen molar-refractivity contribution in [2.24, 2.45) is 5.92 Å². The van der Waals surface area contributed by atoms with Crippen LogP contribution in [-0.4, -0.2) is 48.2 Å². The molecule has 0 unspecified atom stereocenters. The Morgan fingerprint density at radius 3 is 2.34 bits per heavy atom. The Balaban J connectivity index is 1.35. The number of carbonyl (C=O) groups excluding carboxylic acids is 1. The van der Waals surface area contributed by atoms with Crippen LogP contribution in [0.1, 0.15) is 18.4 Å². The normalized spacial score (nSPS) is 15.6. The van der Waals surface area contributed by atoms with Gasteiger partial charge >= 0.3 is 6.01 Å². The van der Waals surface area contributed by atoms with Gasteiger partial charge < -0.3 is 4.42 Å². The van der Waals surface area contributed by atoms with Crippen LogP contribution in [0.3, 0.4) is 0 Å². The average Bonchev–Trinajstić information content (AvgIpc) is 3.28. The molecule has 0 saturated carbocycles. The first kappa shape index (κ1) is 22.5. The van der Waals surface area contributed by atoms with Crippen LogP contribution in [0.2, 0.25) is 0 Å². The Labute approximate surface area is 191 Å². The van der Waals surface area contributed by atoms with E-state index in [0.29, 0.717) is 18.7 Å². The third kappa shape index (κ3) is 4.87. The largest absolute Gasteiger partial charge is 0.403 e. The molecule has 1 amide bonds. The van der Waals surface area contributed by atoms with E-state index in [1.54, 1.807) is 36.0 Å². The molecule has 32 heavy (non-hydrogen) atoms. The summed E-state index contributed by atoms with van der Waals surface area (Å²) in [5, 5.41) is 10.6. The van der Waals surface area contributed by atoms with Crippen molar-refractivity contribution in [1.29, 1.82) is 0 Å². The highest BCUT2D eigenvalue weighted by Gasteiger charge is 2.32. The highest BCUT2D eigenvalue weighted by atomic mass is 32.2. The number of amides is 1. The number of nitrogens with one attached hydrogen (secondary N) is 1. The zero-order valence-corrected chi connectivity index (χ0v) is 19.4. The summed E-state index contributed by atoms with van der Waals surface area (Å²) < 4.78 is 32.7. The van der Waals surface area contributed by atoms with Gasteiger partial charge in [0.05, 0.1) is 4.90 Å². The number of thioether (sulfide) groups is 1. The fraction of sp³-hybridized carbons (Fsp3) is 0.318. The maximum atomic E-state index is 12.8. The average molecular weight is 473 g/mol. The molecule has 10 heteroatoms. The lowest BCUT2D eigenvalue weighted by atomic mass is 9.97. The second-order valence-electron chi connectivity index (χ2n) is 7.62. The molecule has 168 valence electrons. The second-order valence-corrected chi connectivity index (χ2v) is 10.4. The molecule has 1 fully saturated rings. The Hall–Kier alpha value is -2.69. The first-order valence-corrected chi connectivity index (χ1v) is 12.9. The highest BCUT2D eigenvalue weighted by Crippen LogP contribution is 2.26. The number of rotatable bonds is 6. The predicted molar refractivity (Wildman–Crippen MR) is 123 cm³/mol. The molecule has 1 aliphatic heterocycles. The van der Waals surface area contributed by atoms with Gasteiger partial charge in [-0.25, -0.2) is 8.42 Å². The molecule has 1 aromatic heterocycles. The number of sulfonamides is 1. The summed E-state index contributed by atoms with van der Waals surface area (Å²) in [6.45, 7) is 2.48. The molecule has 8 nitrogen and oxygen atoms in total. The lowest BCUT2D eigenvalue weighted by Crippen LogP contribution is -2.41. The van der Waals surface area contributed by atoms with Crippen molar-refractivity contribution < 1.29 is 17.6 Å². The molecule has 2 heterocycles. The summed E-state index contributed by atoms with van der Waals surface area (Å²) in [6.07, 6.45) is 2.85. The lowest BCUT2D eigenvalue weighted by molar-refractivity contribution is -0.121. The third-order valence-electron chi connectivity index (χ3n) is 5.48. The van der Waals surface area contributed by atoms with Crippen molar-refractivity contribution in [1.82, 2.24) is 14.5 Å². The number of benzene rings is 2. The predicted octanol–water partition coefficient (Wildman–Crippen LogP) is 3.81. The number of nitrogens with zero attached hydrogens (tertiary/aromatic N) is 3. The lowest BCUT2D eigenvalue weighted by Gasteiger charge is -2.30. The summed E-state index contributed by atoms with van der Waals surface area (Å²) in [5.74, 6) is -0.243. The van der Waals surface area contributed by atoms with E-state index >= 15 is 0 Å². The summed E-state index contributed by atoms with van der Waals surface area (Å²) in [4.78, 5) is 14.0. The molecule has 0 spiro atoms. The van der Waals surface area contributed by atoms with Crippen LogP contribution >= 0.6 is 11.8 Å². The van der Waals surface area contributed by atoms with Crippen molar-refractivity contribution in [3.05, 3.63) is 54.1 Å². The second kappa shape index (κ2) is 9.43. The molecule has 1 aliphatic rings. The maximum Gasteiger partial charge on any atom is 0.322 e. The summed E-state index contributed by atoms with van der Waals surface area (Å²) in [5.41, 5.74) is 1.77. The molecule has 3 aromatic rings. The van der Waals surface area contributed by atoms with Crippen molar-refractivity contribution >= 4 is 33.7 Å². The zero-order valence-electron chi connectivity index (χ0n) is 17.8. The van der Waals surface area contributed by atoms with E-state index in [9.17, 15) is 13.2 Å². The van der Waals surface area contributed by atoms with Crippen LogP contribution in [0.15, 0.2) is 62.7 Å².